The number of hydrogen-bond donors (Lipinski definition) is 3. The van der Waals surface area contributed by atoms with Gasteiger partial charge in [-0.2, -0.15) is 4.99 Å². The molecule has 1 aliphatic carbocycles. The number of nitrogens with two attached hydrogens (primary N) is 3. The van der Waals surface area contributed by atoms with E-state index in [1.807, 2.05) is 12.1 Å². The Labute approximate surface area is 111 Å². The molecular weight excluding hydrogens is 242 g/mol. The summed E-state index contributed by atoms with van der Waals surface area (Å²) in [5, 5.41) is 0. The number of ketones is 1. The third-order valence-corrected chi connectivity index (χ3v) is 3.01. The smallest absolute Gasteiger partial charge is 0.223 e. The molecule has 100 valence electrons. The fraction of sp³-hybridized carbons (Fsp3) is 0.308. The summed E-state index contributed by atoms with van der Waals surface area (Å²) in [5.41, 5.74) is 18.4. The SMILES string of the molecule is NC(N)=NC(N)=Nc1cccc2c1CCCCC2=O. The topological polar surface area (TPSA) is 120 Å². The first-order valence-corrected chi connectivity index (χ1v) is 6.17. The summed E-state index contributed by atoms with van der Waals surface area (Å²) < 4.78 is 0. The van der Waals surface area contributed by atoms with E-state index in [1.54, 1.807) is 6.07 Å². The number of benzene rings is 1. The maximum absolute atomic E-state index is 12.0. The molecule has 0 heterocycles. The van der Waals surface area contributed by atoms with Gasteiger partial charge in [0.2, 0.25) is 5.96 Å². The van der Waals surface area contributed by atoms with Crippen LogP contribution in [0.25, 0.3) is 0 Å². The Morgan fingerprint density at radius 2 is 1.84 bits per heavy atom. The van der Waals surface area contributed by atoms with E-state index in [0.29, 0.717) is 12.1 Å². The first-order chi connectivity index (χ1) is 9.08. The Morgan fingerprint density at radius 1 is 1.11 bits per heavy atom. The summed E-state index contributed by atoms with van der Waals surface area (Å²) in [4.78, 5) is 19.8. The zero-order valence-corrected chi connectivity index (χ0v) is 10.6. The molecule has 0 aromatic heterocycles. The fourth-order valence-corrected chi connectivity index (χ4v) is 2.21. The molecule has 0 aliphatic heterocycles. The average Bonchev–Trinajstić information content (AvgIpc) is 2.52. The molecular formula is C13H17N5O. The van der Waals surface area contributed by atoms with E-state index in [9.17, 15) is 4.79 Å². The van der Waals surface area contributed by atoms with E-state index in [-0.39, 0.29) is 17.7 Å². The Hall–Kier alpha value is -2.37. The van der Waals surface area contributed by atoms with E-state index < -0.39 is 0 Å². The van der Waals surface area contributed by atoms with Crippen LogP contribution in [0.2, 0.25) is 0 Å². The van der Waals surface area contributed by atoms with Crippen molar-refractivity contribution >= 4 is 23.4 Å². The molecule has 0 spiro atoms. The molecule has 0 atom stereocenters. The highest BCUT2D eigenvalue weighted by Gasteiger charge is 2.17. The molecule has 6 N–H and O–H groups in total. The van der Waals surface area contributed by atoms with Crippen LogP contribution in [0, 0.1) is 0 Å². The van der Waals surface area contributed by atoms with Crippen molar-refractivity contribution in [1.82, 2.24) is 0 Å². The summed E-state index contributed by atoms with van der Waals surface area (Å²) in [5.74, 6) is 0.00871. The molecule has 0 saturated carbocycles. The predicted octanol–water partition coefficient (Wildman–Crippen LogP) is 0.815. The lowest BCUT2D eigenvalue weighted by Gasteiger charge is -2.08. The minimum Gasteiger partial charge on any atom is -0.370 e. The van der Waals surface area contributed by atoms with Gasteiger partial charge in [0.15, 0.2) is 11.7 Å². The third-order valence-electron chi connectivity index (χ3n) is 3.01. The number of carbonyl (C=O) groups is 1. The molecule has 0 fully saturated rings. The van der Waals surface area contributed by atoms with Gasteiger partial charge in [-0.1, -0.05) is 12.1 Å². The Balaban J connectivity index is 2.45. The highest BCUT2D eigenvalue weighted by molar-refractivity contribution is 5.99. The fourth-order valence-electron chi connectivity index (χ4n) is 2.21. The number of nitrogens with zero attached hydrogens (tertiary/aromatic N) is 2. The van der Waals surface area contributed by atoms with Crippen molar-refractivity contribution in [3.05, 3.63) is 29.3 Å². The zero-order valence-electron chi connectivity index (χ0n) is 10.6. The van der Waals surface area contributed by atoms with E-state index in [0.717, 1.165) is 30.4 Å². The van der Waals surface area contributed by atoms with E-state index >= 15 is 0 Å². The van der Waals surface area contributed by atoms with Crippen LogP contribution >= 0.6 is 0 Å². The van der Waals surface area contributed by atoms with Crippen molar-refractivity contribution in [1.29, 1.82) is 0 Å². The molecule has 1 aromatic carbocycles. The molecule has 1 aromatic rings. The number of guanidine groups is 2. The van der Waals surface area contributed by atoms with E-state index in [1.165, 1.54) is 0 Å². The Bertz CT molecular complexity index is 558. The van der Waals surface area contributed by atoms with E-state index in [2.05, 4.69) is 9.98 Å². The van der Waals surface area contributed by atoms with Gasteiger partial charge in [-0.15, -0.1) is 0 Å². The minimum atomic E-state index is -0.139. The summed E-state index contributed by atoms with van der Waals surface area (Å²) in [6.07, 6.45) is 3.27. The summed E-state index contributed by atoms with van der Waals surface area (Å²) in [6, 6.07) is 5.44. The van der Waals surface area contributed by atoms with Crippen LogP contribution in [0.1, 0.15) is 35.2 Å². The van der Waals surface area contributed by atoms with Crippen molar-refractivity contribution in [3.63, 3.8) is 0 Å². The van der Waals surface area contributed by atoms with Gasteiger partial charge in [0.1, 0.15) is 0 Å². The zero-order chi connectivity index (χ0) is 13.8. The highest BCUT2D eigenvalue weighted by atomic mass is 16.1. The first-order valence-electron chi connectivity index (χ1n) is 6.17. The summed E-state index contributed by atoms with van der Waals surface area (Å²) in [6.45, 7) is 0. The van der Waals surface area contributed by atoms with Crippen molar-refractivity contribution < 1.29 is 4.79 Å². The maximum Gasteiger partial charge on any atom is 0.223 e. The largest absolute Gasteiger partial charge is 0.370 e. The second-order valence-corrected chi connectivity index (χ2v) is 4.44. The second-order valence-electron chi connectivity index (χ2n) is 4.44. The standard InChI is InChI=1S/C13H17N5O/c14-12(15)18-13(16)17-10-6-3-5-9-8(10)4-1-2-7-11(9)19/h3,5-6H,1-2,4,7H2,(H6,14,15,16,17,18). The quantitative estimate of drug-likeness (QED) is 0.392. The number of hydrogen-bond acceptors (Lipinski definition) is 2. The predicted molar refractivity (Wildman–Crippen MR) is 75.4 cm³/mol. The van der Waals surface area contributed by atoms with Crippen LogP contribution in [0.3, 0.4) is 0 Å². The molecule has 19 heavy (non-hydrogen) atoms. The van der Waals surface area contributed by atoms with Crippen LogP contribution in [-0.2, 0) is 6.42 Å². The molecule has 6 nitrogen and oxygen atoms in total. The van der Waals surface area contributed by atoms with Crippen molar-refractivity contribution in [2.45, 2.75) is 25.7 Å². The van der Waals surface area contributed by atoms with Crippen LogP contribution in [0.15, 0.2) is 28.2 Å². The van der Waals surface area contributed by atoms with Gasteiger partial charge < -0.3 is 17.2 Å². The maximum atomic E-state index is 12.0. The van der Waals surface area contributed by atoms with Crippen LogP contribution in [0.4, 0.5) is 5.69 Å². The van der Waals surface area contributed by atoms with Gasteiger partial charge in [-0.3, -0.25) is 4.79 Å². The number of carbonyl (C=O) groups excluding carboxylic acids is 1. The van der Waals surface area contributed by atoms with E-state index in [4.69, 9.17) is 17.2 Å². The molecule has 0 radical (unpaired) electrons. The van der Waals surface area contributed by atoms with Crippen molar-refractivity contribution in [2.24, 2.45) is 27.2 Å². The molecule has 0 amide bonds. The van der Waals surface area contributed by atoms with Gasteiger partial charge in [0.05, 0.1) is 5.69 Å². The van der Waals surface area contributed by atoms with Crippen molar-refractivity contribution in [3.8, 4) is 0 Å². The summed E-state index contributed by atoms with van der Waals surface area (Å²) in [7, 11) is 0. The lowest BCUT2D eigenvalue weighted by atomic mass is 10.0. The lowest BCUT2D eigenvalue weighted by Crippen LogP contribution is -2.26. The van der Waals surface area contributed by atoms with Gasteiger partial charge >= 0.3 is 0 Å². The number of Topliss-reactive ketones (excluding diaryl/α,β-unsaturated/α-hetero) is 1. The second kappa shape index (κ2) is 5.51. The Morgan fingerprint density at radius 3 is 2.58 bits per heavy atom. The highest BCUT2D eigenvalue weighted by Crippen LogP contribution is 2.29. The third kappa shape index (κ3) is 3.09. The monoisotopic (exact) mass is 259 g/mol. The lowest BCUT2D eigenvalue weighted by molar-refractivity contribution is 0.0982. The van der Waals surface area contributed by atoms with Gasteiger partial charge in [0.25, 0.3) is 0 Å². The molecule has 0 saturated heterocycles. The molecule has 1 aliphatic rings. The van der Waals surface area contributed by atoms with Crippen LogP contribution in [-0.4, -0.2) is 17.7 Å². The molecule has 2 rings (SSSR count). The summed E-state index contributed by atoms with van der Waals surface area (Å²) >= 11 is 0. The molecule has 6 heteroatoms. The van der Waals surface area contributed by atoms with Crippen LogP contribution in [0.5, 0.6) is 0 Å². The Kier molecular flexibility index (Phi) is 3.79. The van der Waals surface area contributed by atoms with Gasteiger partial charge in [0, 0.05) is 12.0 Å². The number of aliphatic imine (C=N–C) groups is 2. The average molecular weight is 259 g/mol. The minimum absolute atomic E-state index is 0.00917. The first kappa shape index (κ1) is 13.1. The van der Waals surface area contributed by atoms with Crippen molar-refractivity contribution in [2.75, 3.05) is 0 Å². The number of fused-ring (bicyclic) bond motifs is 1. The molecule has 0 unspecified atom stereocenters. The van der Waals surface area contributed by atoms with Gasteiger partial charge in [-0.25, -0.2) is 4.99 Å². The number of rotatable bonds is 1. The molecule has 0 bridgehead atoms. The normalized spacial score (nSPS) is 15.6. The van der Waals surface area contributed by atoms with Gasteiger partial charge in [-0.05, 0) is 30.9 Å². The van der Waals surface area contributed by atoms with Crippen LogP contribution < -0.4 is 17.2 Å².